The second-order valence-corrected chi connectivity index (χ2v) is 6.89. The standard InChI is InChI=1S/C18H15Cl2N7/c19-11-4-10-3-9(1-2-13(10)14(20)5-11)6-23-7-12-8-24-17-15(25-12)16(21)26-18(22)27-17/h1-5,8,23H,6-7H2,(H4,21,22,24,26,27). The van der Waals surface area contributed by atoms with Gasteiger partial charge in [0.1, 0.15) is 0 Å². The van der Waals surface area contributed by atoms with E-state index in [4.69, 9.17) is 34.7 Å². The first-order valence-electron chi connectivity index (χ1n) is 8.12. The molecule has 5 N–H and O–H groups in total. The summed E-state index contributed by atoms with van der Waals surface area (Å²) in [5.74, 6) is 0.298. The maximum absolute atomic E-state index is 6.23. The first-order valence-corrected chi connectivity index (χ1v) is 8.88. The molecule has 0 saturated carbocycles. The number of nitrogens with one attached hydrogen (secondary N) is 1. The van der Waals surface area contributed by atoms with Gasteiger partial charge in [-0.15, -0.1) is 0 Å². The van der Waals surface area contributed by atoms with E-state index in [1.165, 1.54) is 0 Å². The van der Waals surface area contributed by atoms with Gasteiger partial charge in [0.15, 0.2) is 17.0 Å². The van der Waals surface area contributed by atoms with Crippen molar-refractivity contribution < 1.29 is 0 Å². The summed E-state index contributed by atoms with van der Waals surface area (Å²) in [6.45, 7) is 1.16. The van der Waals surface area contributed by atoms with Crippen LogP contribution in [0.4, 0.5) is 11.8 Å². The Balaban J connectivity index is 1.49. The van der Waals surface area contributed by atoms with Gasteiger partial charge in [-0.3, -0.25) is 0 Å². The molecule has 2 aromatic carbocycles. The van der Waals surface area contributed by atoms with Gasteiger partial charge in [0.25, 0.3) is 0 Å². The number of nitrogens with zero attached hydrogens (tertiary/aromatic N) is 4. The molecular weight excluding hydrogens is 385 g/mol. The Labute approximate surface area is 164 Å². The smallest absolute Gasteiger partial charge is 0.224 e. The van der Waals surface area contributed by atoms with E-state index in [9.17, 15) is 0 Å². The molecule has 2 aromatic heterocycles. The lowest BCUT2D eigenvalue weighted by molar-refractivity contribution is 0.680. The third-order valence-corrected chi connectivity index (χ3v) is 4.60. The lowest BCUT2D eigenvalue weighted by Gasteiger charge is -2.08. The zero-order valence-corrected chi connectivity index (χ0v) is 15.6. The highest BCUT2D eigenvalue weighted by molar-refractivity contribution is 6.38. The van der Waals surface area contributed by atoms with E-state index in [0.717, 1.165) is 22.0 Å². The molecule has 27 heavy (non-hydrogen) atoms. The number of benzene rings is 2. The molecule has 0 aliphatic rings. The van der Waals surface area contributed by atoms with E-state index in [1.807, 2.05) is 18.2 Å². The average Bonchev–Trinajstić information content (AvgIpc) is 2.61. The molecular formula is C18H15Cl2N7. The molecule has 7 nitrogen and oxygen atoms in total. The van der Waals surface area contributed by atoms with Crippen molar-refractivity contribution in [3.8, 4) is 0 Å². The van der Waals surface area contributed by atoms with E-state index < -0.39 is 0 Å². The zero-order valence-electron chi connectivity index (χ0n) is 14.1. The molecule has 0 atom stereocenters. The minimum Gasteiger partial charge on any atom is -0.382 e. The van der Waals surface area contributed by atoms with Crippen LogP contribution < -0.4 is 16.8 Å². The minimum absolute atomic E-state index is 0.0803. The van der Waals surface area contributed by atoms with Crippen molar-refractivity contribution in [2.45, 2.75) is 13.1 Å². The van der Waals surface area contributed by atoms with Gasteiger partial charge in [-0.05, 0) is 29.1 Å². The van der Waals surface area contributed by atoms with E-state index in [-0.39, 0.29) is 11.8 Å². The van der Waals surface area contributed by atoms with Crippen LogP contribution in [0.3, 0.4) is 0 Å². The summed E-state index contributed by atoms with van der Waals surface area (Å²) in [5, 5.41) is 6.56. The van der Waals surface area contributed by atoms with Gasteiger partial charge < -0.3 is 16.8 Å². The third kappa shape index (κ3) is 3.71. The molecule has 0 saturated heterocycles. The van der Waals surface area contributed by atoms with Crippen LogP contribution in [0, 0.1) is 0 Å². The first-order chi connectivity index (χ1) is 13.0. The van der Waals surface area contributed by atoms with Gasteiger partial charge in [0.2, 0.25) is 5.95 Å². The van der Waals surface area contributed by atoms with Crippen LogP contribution in [-0.4, -0.2) is 19.9 Å². The topological polar surface area (TPSA) is 116 Å². The molecule has 0 unspecified atom stereocenters. The average molecular weight is 400 g/mol. The van der Waals surface area contributed by atoms with Crippen molar-refractivity contribution in [2.75, 3.05) is 11.5 Å². The van der Waals surface area contributed by atoms with Crippen LogP contribution in [0.25, 0.3) is 21.9 Å². The first kappa shape index (κ1) is 17.7. The highest BCUT2D eigenvalue weighted by Gasteiger charge is 2.08. The predicted octanol–water partition coefficient (Wildman–Crippen LogP) is 3.33. The summed E-state index contributed by atoms with van der Waals surface area (Å²) in [4.78, 5) is 16.6. The second kappa shape index (κ2) is 7.11. The quantitative estimate of drug-likeness (QED) is 0.481. The maximum atomic E-state index is 6.23. The number of anilines is 2. The summed E-state index contributed by atoms with van der Waals surface area (Å²) in [6, 6.07) is 9.71. The van der Waals surface area contributed by atoms with Gasteiger partial charge in [0.05, 0.1) is 11.9 Å². The molecule has 0 spiro atoms. The Kier molecular flexibility index (Phi) is 4.65. The summed E-state index contributed by atoms with van der Waals surface area (Å²) in [5.41, 5.74) is 14.1. The molecule has 0 radical (unpaired) electrons. The third-order valence-electron chi connectivity index (χ3n) is 4.07. The number of fused-ring (bicyclic) bond motifs is 2. The van der Waals surface area contributed by atoms with Crippen molar-refractivity contribution in [2.24, 2.45) is 0 Å². The van der Waals surface area contributed by atoms with Gasteiger partial charge in [-0.2, -0.15) is 9.97 Å². The number of halogens is 2. The predicted molar refractivity (Wildman–Crippen MR) is 108 cm³/mol. The molecule has 9 heteroatoms. The molecule has 0 aliphatic carbocycles. The summed E-state index contributed by atoms with van der Waals surface area (Å²) >= 11 is 12.3. The van der Waals surface area contributed by atoms with E-state index in [1.54, 1.807) is 12.3 Å². The van der Waals surface area contributed by atoms with Crippen LogP contribution in [-0.2, 0) is 13.1 Å². The SMILES string of the molecule is Nc1nc(N)c2nc(CNCc3ccc4c(Cl)cc(Cl)cc4c3)cnc2n1. The van der Waals surface area contributed by atoms with Crippen LogP contribution >= 0.6 is 23.2 Å². The highest BCUT2D eigenvalue weighted by atomic mass is 35.5. The van der Waals surface area contributed by atoms with E-state index in [2.05, 4.69) is 31.3 Å². The number of nitrogen functional groups attached to an aromatic ring is 2. The van der Waals surface area contributed by atoms with Crippen molar-refractivity contribution in [1.29, 1.82) is 0 Å². The van der Waals surface area contributed by atoms with Crippen molar-refractivity contribution in [1.82, 2.24) is 25.3 Å². The number of hydrogen-bond acceptors (Lipinski definition) is 7. The number of hydrogen-bond donors (Lipinski definition) is 3. The maximum Gasteiger partial charge on any atom is 0.224 e. The number of aromatic nitrogens is 4. The Morgan fingerprint density at radius 2 is 1.81 bits per heavy atom. The lowest BCUT2D eigenvalue weighted by atomic mass is 10.1. The number of rotatable bonds is 4. The molecule has 0 fully saturated rings. The molecule has 4 aromatic rings. The Bertz CT molecular complexity index is 1160. The lowest BCUT2D eigenvalue weighted by Crippen LogP contribution is -2.14. The van der Waals surface area contributed by atoms with Crippen LogP contribution in [0.5, 0.6) is 0 Å². The molecule has 0 bridgehead atoms. The van der Waals surface area contributed by atoms with E-state index >= 15 is 0 Å². The normalized spacial score (nSPS) is 11.3. The summed E-state index contributed by atoms with van der Waals surface area (Å²) < 4.78 is 0. The van der Waals surface area contributed by atoms with Gasteiger partial charge in [-0.1, -0.05) is 35.3 Å². The van der Waals surface area contributed by atoms with Crippen LogP contribution in [0.2, 0.25) is 10.0 Å². The summed E-state index contributed by atoms with van der Waals surface area (Å²) in [6.07, 6.45) is 1.64. The Morgan fingerprint density at radius 3 is 2.67 bits per heavy atom. The van der Waals surface area contributed by atoms with Crippen LogP contribution in [0.15, 0.2) is 36.5 Å². The molecule has 0 amide bonds. The van der Waals surface area contributed by atoms with Crippen LogP contribution in [0.1, 0.15) is 11.3 Å². The fourth-order valence-corrected chi connectivity index (χ4v) is 3.42. The summed E-state index contributed by atoms with van der Waals surface area (Å²) in [7, 11) is 0. The number of nitrogens with two attached hydrogens (primary N) is 2. The molecule has 2 heterocycles. The van der Waals surface area contributed by atoms with E-state index in [0.29, 0.717) is 34.3 Å². The fourth-order valence-electron chi connectivity index (χ4n) is 2.85. The molecule has 4 rings (SSSR count). The highest BCUT2D eigenvalue weighted by Crippen LogP contribution is 2.28. The van der Waals surface area contributed by atoms with Gasteiger partial charge in [-0.25, -0.2) is 9.97 Å². The monoisotopic (exact) mass is 399 g/mol. The zero-order chi connectivity index (χ0) is 19.0. The van der Waals surface area contributed by atoms with Crippen molar-refractivity contribution >= 4 is 56.9 Å². The Morgan fingerprint density at radius 1 is 0.963 bits per heavy atom. The largest absolute Gasteiger partial charge is 0.382 e. The fraction of sp³-hybridized carbons (Fsp3) is 0.111. The molecule has 0 aliphatic heterocycles. The minimum atomic E-state index is 0.0803. The Hall–Kier alpha value is -2.74. The molecule has 136 valence electrons. The van der Waals surface area contributed by atoms with Crippen molar-refractivity contribution in [3.05, 3.63) is 57.8 Å². The van der Waals surface area contributed by atoms with Crippen molar-refractivity contribution in [3.63, 3.8) is 0 Å². The van der Waals surface area contributed by atoms with Gasteiger partial charge in [0, 0.05) is 28.5 Å². The van der Waals surface area contributed by atoms with Gasteiger partial charge >= 0.3 is 0 Å². The second-order valence-electron chi connectivity index (χ2n) is 6.05.